The predicted molar refractivity (Wildman–Crippen MR) is 102 cm³/mol. The number of nitrogens with zero attached hydrogens (tertiary/aromatic N) is 1. The third-order valence-electron chi connectivity index (χ3n) is 3.57. The van der Waals surface area contributed by atoms with Crippen molar-refractivity contribution >= 4 is 33.2 Å². The van der Waals surface area contributed by atoms with Crippen molar-refractivity contribution < 1.29 is 17.9 Å². The lowest BCUT2D eigenvalue weighted by molar-refractivity contribution is -0.116. The summed E-state index contributed by atoms with van der Waals surface area (Å²) in [6.45, 7) is 4.15. The SMILES string of the molecule is CCOc1ccc(N(CCNS(=O)(=O)c2cccc(Cl)c2)C(C)=O)cc1. The van der Waals surface area contributed by atoms with Gasteiger partial charge in [0.15, 0.2) is 0 Å². The smallest absolute Gasteiger partial charge is 0.240 e. The molecule has 0 aromatic heterocycles. The van der Waals surface area contributed by atoms with E-state index in [1.54, 1.807) is 36.4 Å². The zero-order chi connectivity index (χ0) is 19.2. The number of halogens is 1. The molecule has 2 aromatic rings. The number of nitrogens with one attached hydrogen (secondary N) is 1. The third kappa shape index (κ3) is 5.45. The fourth-order valence-electron chi connectivity index (χ4n) is 2.37. The summed E-state index contributed by atoms with van der Waals surface area (Å²) < 4.78 is 32.5. The summed E-state index contributed by atoms with van der Waals surface area (Å²) in [5, 5.41) is 0.340. The molecule has 0 spiro atoms. The Morgan fingerprint density at radius 3 is 2.46 bits per heavy atom. The van der Waals surface area contributed by atoms with E-state index in [-0.39, 0.29) is 23.9 Å². The first-order valence-corrected chi connectivity index (χ1v) is 9.96. The Morgan fingerprint density at radius 1 is 1.19 bits per heavy atom. The molecule has 26 heavy (non-hydrogen) atoms. The fourth-order valence-corrected chi connectivity index (χ4v) is 3.69. The van der Waals surface area contributed by atoms with Gasteiger partial charge >= 0.3 is 0 Å². The number of carbonyl (C=O) groups is 1. The fraction of sp³-hybridized carbons (Fsp3) is 0.278. The molecule has 140 valence electrons. The zero-order valence-electron chi connectivity index (χ0n) is 14.6. The first-order chi connectivity index (χ1) is 12.3. The molecule has 8 heteroatoms. The maximum Gasteiger partial charge on any atom is 0.240 e. The lowest BCUT2D eigenvalue weighted by Gasteiger charge is -2.21. The molecule has 0 radical (unpaired) electrons. The van der Waals surface area contributed by atoms with E-state index in [1.165, 1.54) is 24.0 Å². The number of hydrogen-bond donors (Lipinski definition) is 1. The van der Waals surface area contributed by atoms with E-state index >= 15 is 0 Å². The summed E-state index contributed by atoms with van der Waals surface area (Å²) in [4.78, 5) is 13.5. The molecule has 2 rings (SSSR count). The van der Waals surface area contributed by atoms with Gasteiger partial charge < -0.3 is 9.64 Å². The van der Waals surface area contributed by atoms with Crippen LogP contribution in [-0.4, -0.2) is 34.0 Å². The van der Waals surface area contributed by atoms with Gasteiger partial charge in [0.05, 0.1) is 11.5 Å². The van der Waals surface area contributed by atoms with Gasteiger partial charge in [-0.3, -0.25) is 4.79 Å². The lowest BCUT2D eigenvalue weighted by atomic mass is 10.2. The van der Waals surface area contributed by atoms with Crippen LogP contribution in [0.5, 0.6) is 5.75 Å². The van der Waals surface area contributed by atoms with Crippen molar-refractivity contribution in [3.63, 3.8) is 0 Å². The highest BCUT2D eigenvalue weighted by molar-refractivity contribution is 7.89. The van der Waals surface area contributed by atoms with Crippen LogP contribution in [0.15, 0.2) is 53.4 Å². The highest BCUT2D eigenvalue weighted by atomic mass is 35.5. The van der Waals surface area contributed by atoms with Crippen LogP contribution in [-0.2, 0) is 14.8 Å². The van der Waals surface area contributed by atoms with E-state index in [0.29, 0.717) is 23.1 Å². The molecule has 0 aliphatic carbocycles. The third-order valence-corrected chi connectivity index (χ3v) is 5.27. The van der Waals surface area contributed by atoms with Crippen LogP contribution in [0.4, 0.5) is 5.69 Å². The standard InChI is InChI=1S/C18H21ClN2O4S/c1-3-25-17-9-7-16(8-10-17)21(14(2)22)12-11-20-26(23,24)18-6-4-5-15(19)13-18/h4-10,13,20H,3,11-12H2,1-2H3. The number of rotatable bonds is 8. The van der Waals surface area contributed by atoms with Gasteiger partial charge in [-0.1, -0.05) is 17.7 Å². The topological polar surface area (TPSA) is 75.7 Å². The number of hydrogen-bond acceptors (Lipinski definition) is 4. The highest BCUT2D eigenvalue weighted by Crippen LogP contribution is 2.20. The van der Waals surface area contributed by atoms with Crippen LogP contribution in [0.3, 0.4) is 0 Å². The lowest BCUT2D eigenvalue weighted by Crippen LogP contribution is -2.37. The number of anilines is 1. The van der Waals surface area contributed by atoms with Crippen molar-refractivity contribution in [3.8, 4) is 5.75 Å². The maximum atomic E-state index is 12.3. The monoisotopic (exact) mass is 396 g/mol. The molecule has 0 unspecified atom stereocenters. The molecule has 0 fully saturated rings. The van der Waals surface area contributed by atoms with Crippen LogP contribution in [0.25, 0.3) is 0 Å². The molecule has 0 saturated carbocycles. The van der Waals surface area contributed by atoms with E-state index in [0.717, 1.165) is 0 Å². The average Bonchev–Trinajstić information content (AvgIpc) is 2.60. The molecule has 0 saturated heterocycles. The van der Waals surface area contributed by atoms with Gasteiger partial charge in [-0.05, 0) is 49.4 Å². The molecule has 0 bridgehead atoms. The van der Waals surface area contributed by atoms with E-state index in [9.17, 15) is 13.2 Å². The highest BCUT2D eigenvalue weighted by Gasteiger charge is 2.16. The molecule has 0 aliphatic heterocycles. The normalized spacial score (nSPS) is 11.2. The summed E-state index contributed by atoms with van der Waals surface area (Å²) >= 11 is 5.84. The molecule has 0 aliphatic rings. The van der Waals surface area contributed by atoms with E-state index in [1.807, 2.05) is 6.92 Å². The second-order valence-corrected chi connectivity index (χ2v) is 7.66. The first-order valence-electron chi connectivity index (χ1n) is 8.09. The summed E-state index contributed by atoms with van der Waals surface area (Å²) in [5.74, 6) is 0.525. The van der Waals surface area contributed by atoms with Crippen LogP contribution in [0, 0.1) is 0 Å². The Hall–Kier alpha value is -2.09. The zero-order valence-corrected chi connectivity index (χ0v) is 16.2. The molecule has 0 heterocycles. The van der Waals surface area contributed by atoms with Gasteiger partial charge in [0.25, 0.3) is 0 Å². The minimum absolute atomic E-state index is 0.0711. The van der Waals surface area contributed by atoms with Crippen LogP contribution >= 0.6 is 11.6 Å². The van der Waals surface area contributed by atoms with E-state index < -0.39 is 10.0 Å². The molecule has 1 N–H and O–H groups in total. The van der Waals surface area contributed by atoms with E-state index in [2.05, 4.69) is 4.72 Å². The largest absolute Gasteiger partial charge is 0.494 e. The quantitative estimate of drug-likeness (QED) is 0.744. The number of amides is 1. The van der Waals surface area contributed by atoms with Crippen LogP contribution < -0.4 is 14.4 Å². The molecular weight excluding hydrogens is 376 g/mol. The van der Waals surface area contributed by atoms with Gasteiger partial charge in [0.2, 0.25) is 15.9 Å². The van der Waals surface area contributed by atoms with Crippen molar-refractivity contribution in [2.75, 3.05) is 24.6 Å². The molecule has 6 nitrogen and oxygen atoms in total. The number of sulfonamides is 1. The van der Waals surface area contributed by atoms with Crippen molar-refractivity contribution in [3.05, 3.63) is 53.6 Å². The number of benzene rings is 2. The molecule has 1 amide bonds. The predicted octanol–water partition coefficient (Wildman–Crippen LogP) is 3.07. The van der Waals surface area contributed by atoms with Gasteiger partial charge in [-0.2, -0.15) is 0 Å². The number of ether oxygens (including phenoxy) is 1. The second kappa shape index (κ2) is 9.02. The average molecular weight is 397 g/mol. The van der Waals surface area contributed by atoms with Crippen molar-refractivity contribution in [1.82, 2.24) is 4.72 Å². The summed E-state index contributed by atoms with van der Waals surface area (Å²) in [7, 11) is -3.69. The summed E-state index contributed by atoms with van der Waals surface area (Å²) in [5.41, 5.74) is 0.669. The Bertz CT molecular complexity index is 854. The molecule has 2 aromatic carbocycles. The first kappa shape index (κ1) is 20.2. The van der Waals surface area contributed by atoms with Gasteiger partial charge in [0.1, 0.15) is 5.75 Å². The number of carbonyl (C=O) groups excluding carboxylic acids is 1. The van der Waals surface area contributed by atoms with Gasteiger partial charge in [-0.25, -0.2) is 13.1 Å². The van der Waals surface area contributed by atoms with Crippen molar-refractivity contribution in [2.24, 2.45) is 0 Å². The van der Waals surface area contributed by atoms with Gasteiger partial charge in [-0.15, -0.1) is 0 Å². The van der Waals surface area contributed by atoms with Crippen molar-refractivity contribution in [2.45, 2.75) is 18.7 Å². The Labute approximate surface area is 158 Å². The Kier molecular flexibility index (Phi) is 7.02. The summed E-state index contributed by atoms with van der Waals surface area (Å²) in [6, 6.07) is 13.1. The van der Waals surface area contributed by atoms with Crippen LogP contribution in [0.2, 0.25) is 5.02 Å². The van der Waals surface area contributed by atoms with Crippen molar-refractivity contribution in [1.29, 1.82) is 0 Å². The van der Waals surface area contributed by atoms with E-state index in [4.69, 9.17) is 16.3 Å². The minimum atomic E-state index is -3.69. The Morgan fingerprint density at radius 2 is 1.88 bits per heavy atom. The van der Waals surface area contributed by atoms with Crippen LogP contribution in [0.1, 0.15) is 13.8 Å². The molecule has 0 atom stereocenters. The minimum Gasteiger partial charge on any atom is -0.494 e. The van der Waals surface area contributed by atoms with Gasteiger partial charge in [0, 0.05) is 30.7 Å². The maximum absolute atomic E-state index is 12.3. The Balaban J connectivity index is 2.03. The summed E-state index contributed by atoms with van der Waals surface area (Å²) in [6.07, 6.45) is 0. The second-order valence-electron chi connectivity index (χ2n) is 5.45. The molecular formula is C18H21ClN2O4S.